The van der Waals surface area contributed by atoms with Crippen molar-refractivity contribution in [1.29, 1.82) is 0 Å². The van der Waals surface area contributed by atoms with Crippen LogP contribution in [0.5, 0.6) is 0 Å². The standard InChI is InChI=1S/C11H12O2/c1-4-6-9-8(3)13-11(12)10(9)7-5-2/h4-8H,1-2H2,3H3/b9-6-,10-7+. The van der Waals surface area contributed by atoms with E-state index in [1.807, 2.05) is 6.92 Å². The van der Waals surface area contributed by atoms with Gasteiger partial charge in [0.2, 0.25) is 0 Å². The summed E-state index contributed by atoms with van der Waals surface area (Å²) in [5.74, 6) is -0.291. The molecule has 0 amide bonds. The molecule has 13 heavy (non-hydrogen) atoms. The fourth-order valence-electron chi connectivity index (χ4n) is 1.26. The predicted octanol–water partition coefficient (Wildman–Crippen LogP) is 2.16. The number of hydrogen-bond donors (Lipinski definition) is 0. The Balaban J connectivity index is 3.10. The highest BCUT2D eigenvalue weighted by Gasteiger charge is 2.29. The molecule has 0 N–H and O–H groups in total. The Morgan fingerprint density at radius 3 is 2.46 bits per heavy atom. The first kappa shape index (κ1) is 9.52. The Kier molecular flexibility index (Phi) is 2.85. The molecule has 0 aromatic rings. The minimum absolute atomic E-state index is 0.184. The zero-order valence-corrected chi connectivity index (χ0v) is 7.62. The topological polar surface area (TPSA) is 26.3 Å². The van der Waals surface area contributed by atoms with E-state index in [0.29, 0.717) is 5.57 Å². The van der Waals surface area contributed by atoms with Crippen LogP contribution in [0, 0.1) is 0 Å². The van der Waals surface area contributed by atoms with E-state index < -0.39 is 0 Å². The van der Waals surface area contributed by atoms with Crippen molar-refractivity contribution in [1.82, 2.24) is 0 Å². The molecule has 2 heteroatoms. The van der Waals surface area contributed by atoms with Crippen molar-refractivity contribution in [2.24, 2.45) is 0 Å². The summed E-state index contributed by atoms with van der Waals surface area (Å²) in [5, 5.41) is 0. The first-order valence-corrected chi connectivity index (χ1v) is 4.07. The normalized spacial score (nSPS) is 27.8. The Hall–Kier alpha value is -1.57. The number of carbonyl (C=O) groups is 1. The zero-order chi connectivity index (χ0) is 9.84. The molecule has 1 saturated heterocycles. The van der Waals surface area contributed by atoms with Crippen molar-refractivity contribution in [3.05, 3.63) is 48.6 Å². The van der Waals surface area contributed by atoms with Crippen LogP contribution in [0.4, 0.5) is 0 Å². The molecule has 1 aliphatic heterocycles. The lowest BCUT2D eigenvalue weighted by molar-refractivity contribution is -0.137. The van der Waals surface area contributed by atoms with Crippen molar-refractivity contribution in [2.75, 3.05) is 0 Å². The second-order valence-electron chi connectivity index (χ2n) is 2.72. The molecule has 0 aliphatic carbocycles. The largest absolute Gasteiger partial charge is 0.454 e. The van der Waals surface area contributed by atoms with Gasteiger partial charge in [-0.05, 0) is 13.0 Å². The van der Waals surface area contributed by atoms with Crippen LogP contribution in [0.3, 0.4) is 0 Å². The summed E-state index contributed by atoms with van der Waals surface area (Å²) in [6.07, 6.45) is 6.47. The van der Waals surface area contributed by atoms with E-state index in [1.165, 1.54) is 0 Å². The van der Waals surface area contributed by atoms with E-state index in [4.69, 9.17) is 4.74 Å². The van der Waals surface area contributed by atoms with Gasteiger partial charge in [0.05, 0.1) is 5.57 Å². The van der Waals surface area contributed by atoms with Crippen LogP contribution in [-0.2, 0) is 9.53 Å². The smallest absolute Gasteiger partial charge is 0.339 e. The first-order valence-electron chi connectivity index (χ1n) is 4.07. The highest BCUT2D eigenvalue weighted by atomic mass is 16.5. The minimum atomic E-state index is -0.291. The molecule has 1 unspecified atom stereocenters. The molecule has 0 aromatic carbocycles. The Bertz CT molecular complexity index is 308. The monoisotopic (exact) mass is 176 g/mol. The molecule has 1 rings (SSSR count). The minimum Gasteiger partial charge on any atom is -0.454 e. The fourth-order valence-corrected chi connectivity index (χ4v) is 1.26. The van der Waals surface area contributed by atoms with Gasteiger partial charge < -0.3 is 4.74 Å². The molecular weight excluding hydrogens is 164 g/mol. The van der Waals surface area contributed by atoms with E-state index in [1.54, 1.807) is 24.3 Å². The third-order valence-corrected chi connectivity index (χ3v) is 1.83. The van der Waals surface area contributed by atoms with Crippen molar-refractivity contribution in [3.63, 3.8) is 0 Å². The van der Waals surface area contributed by atoms with Crippen molar-refractivity contribution < 1.29 is 9.53 Å². The third kappa shape index (κ3) is 1.78. The molecular formula is C11H12O2. The van der Waals surface area contributed by atoms with Crippen LogP contribution in [0.2, 0.25) is 0 Å². The molecule has 1 fully saturated rings. The summed E-state index contributed by atoms with van der Waals surface area (Å²) in [5.41, 5.74) is 1.43. The van der Waals surface area contributed by atoms with Gasteiger partial charge in [-0.2, -0.15) is 0 Å². The third-order valence-electron chi connectivity index (χ3n) is 1.83. The van der Waals surface area contributed by atoms with Crippen LogP contribution >= 0.6 is 0 Å². The van der Waals surface area contributed by atoms with E-state index >= 15 is 0 Å². The number of allylic oxidation sites excluding steroid dienone is 4. The lowest BCUT2D eigenvalue weighted by Crippen LogP contribution is -2.01. The summed E-state index contributed by atoms with van der Waals surface area (Å²) < 4.78 is 5.02. The van der Waals surface area contributed by atoms with Gasteiger partial charge >= 0.3 is 5.97 Å². The van der Waals surface area contributed by atoms with Crippen LogP contribution in [0.1, 0.15) is 6.92 Å². The maximum atomic E-state index is 11.2. The average Bonchev–Trinajstić information content (AvgIpc) is 2.33. The number of cyclic esters (lactones) is 1. The number of carbonyl (C=O) groups excluding carboxylic acids is 1. The summed E-state index contributed by atoms with van der Waals surface area (Å²) in [7, 11) is 0. The zero-order valence-electron chi connectivity index (χ0n) is 7.62. The molecule has 0 bridgehead atoms. The second-order valence-corrected chi connectivity index (χ2v) is 2.72. The van der Waals surface area contributed by atoms with Gasteiger partial charge in [-0.3, -0.25) is 0 Å². The van der Waals surface area contributed by atoms with Gasteiger partial charge in [-0.1, -0.05) is 31.4 Å². The Morgan fingerprint density at radius 1 is 1.31 bits per heavy atom. The SMILES string of the molecule is C=C/C=C1/C(=O)OC(C)/C1=C/C=C. The van der Waals surface area contributed by atoms with E-state index in [2.05, 4.69) is 13.2 Å². The number of esters is 1. The van der Waals surface area contributed by atoms with Gasteiger partial charge in [-0.15, -0.1) is 0 Å². The van der Waals surface area contributed by atoms with Gasteiger partial charge in [-0.25, -0.2) is 4.79 Å². The molecule has 2 nitrogen and oxygen atoms in total. The van der Waals surface area contributed by atoms with Crippen LogP contribution < -0.4 is 0 Å². The van der Waals surface area contributed by atoms with E-state index in [0.717, 1.165) is 5.57 Å². The van der Waals surface area contributed by atoms with Gasteiger partial charge in [0, 0.05) is 5.57 Å². The van der Waals surface area contributed by atoms with E-state index in [-0.39, 0.29) is 12.1 Å². The summed E-state index contributed by atoms with van der Waals surface area (Å²) in [6.45, 7) is 8.95. The molecule has 0 spiro atoms. The molecule has 1 heterocycles. The van der Waals surface area contributed by atoms with Gasteiger partial charge in [0.1, 0.15) is 6.10 Å². The van der Waals surface area contributed by atoms with Crippen molar-refractivity contribution in [3.8, 4) is 0 Å². The summed E-state index contributed by atoms with van der Waals surface area (Å²) >= 11 is 0. The highest BCUT2D eigenvalue weighted by Crippen LogP contribution is 2.26. The van der Waals surface area contributed by atoms with Crippen molar-refractivity contribution >= 4 is 5.97 Å². The lowest BCUT2D eigenvalue weighted by Gasteiger charge is -2.00. The van der Waals surface area contributed by atoms with Gasteiger partial charge in [0.25, 0.3) is 0 Å². The molecule has 0 saturated carbocycles. The van der Waals surface area contributed by atoms with Gasteiger partial charge in [0.15, 0.2) is 0 Å². The average molecular weight is 176 g/mol. The Morgan fingerprint density at radius 2 is 1.92 bits per heavy atom. The van der Waals surface area contributed by atoms with E-state index in [9.17, 15) is 4.79 Å². The number of rotatable bonds is 2. The molecule has 1 aliphatic rings. The first-order chi connectivity index (χ1) is 6.20. The lowest BCUT2D eigenvalue weighted by atomic mass is 10.0. The van der Waals surface area contributed by atoms with Crippen LogP contribution in [-0.4, -0.2) is 12.1 Å². The maximum absolute atomic E-state index is 11.2. The Labute approximate surface area is 77.9 Å². The van der Waals surface area contributed by atoms with Crippen LogP contribution in [0.25, 0.3) is 0 Å². The highest BCUT2D eigenvalue weighted by molar-refractivity contribution is 5.97. The number of ether oxygens (including phenoxy) is 1. The maximum Gasteiger partial charge on any atom is 0.339 e. The predicted molar refractivity (Wildman–Crippen MR) is 52.1 cm³/mol. The van der Waals surface area contributed by atoms with Crippen LogP contribution in [0.15, 0.2) is 48.6 Å². The molecule has 1 atom stereocenters. The molecule has 68 valence electrons. The molecule has 0 aromatic heterocycles. The quantitative estimate of drug-likeness (QED) is 0.476. The summed E-state index contributed by atoms with van der Waals surface area (Å²) in [4.78, 5) is 11.2. The molecule has 0 radical (unpaired) electrons. The summed E-state index contributed by atoms with van der Waals surface area (Å²) in [6, 6.07) is 0. The van der Waals surface area contributed by atoms with Crippen molar-refractivity contribution in [2.45, 2.75) is 13.0 Å². The fraction of sp³-hybridized carbons (Fsp3) is 0.182. The number of hydrogen-bond acceptors (Lipinski definition) is 2. The second kappa shape index (κ2) is 3.90.